The molecule has 0 aromatic heterocycles. The molecule has 0 fully saturated rings. The summed E-state index contributed by atoms with van der Waals surface area (Å²) in [7, 11) is 0. The first-order chi connectivity index (χ1) is 10.1. The fourth-order valence-corrected chi connectivity index (χ4v) is 2.12. The van der Waals surface area contributed by atoms with Gasteiger partial charge in [0.1, 0.15) is 5.75 Å². The van der Waals surface area contributed by atoms with E-state index in [1.54, 1.807) is 12.1 Å². The van der Waals surface area contributed by atoms with Crippen molar-refractivity contribution >= 4 is 11.7 Å². The Morgan fingerprint density at radius 1 is 1.14 bits per heavy atom. The number of urea groups is 1. The van der Waals surface area contributed by atoms with Crippen molar-refractivity contribution in [1.29, 1.82) is 0 Å². The van der Waals surface area contributed by atoms with E-state index in [0.29, 0.717) is 12.2 Å². The van der Waals surface area contributed by atoms with Gasteiger partial charge in [0.2, 0.25) is 0 Å². The van der Waals surface area contributed by atoms with Gasteiger partial charge in [-0.3, -0.25) is 0 Å². The largest absolute Gasteiger partial charge is 0.506 e. The minimum Gasteiger partial charge on any atom is -0.506 e. The monoisotopic (exact) mass is 284 g/mol. The lowest BCUT2D eigenvalue weighted by molar-refractivity contribution is 0.252. The highest BCUT2D eigenvalue weighted by Crippen LogP contribution is 2.23. The van der Waals surface area contributed by atoms with Crippen molar-refractivity contribution in [3.8, 4) is 5.75 Å². The van der Waals surface area contributed by atoms with E-state index >= 15 is 0 Å². The first-order valence-corrected chi connectivity index (χ1v) is 6.95. The Morgan fingerprint density at radius 2 is 1.90 bits per heavy atom. The fourth-order valence-electron chi connectivity index (χ4n) is 2.12. The highest BCUT2D eigenvalue weighted by molar-refractivity contribution is 5.90. The summed E-state index contributed by atoms with van der Waals surface area (Å²) < 4.78 is 0. The third kappa shape index (κ3) is 4.24. The molecule has 0 heterocycles. The first-order valence-electron chi connectivity index (χ1n) is 6.95. The molecule has 0 aliphatic rings. The molecule has 21 heavy (non-hydrogen) atoms. The number of amides is 2. The zero-order chi connectivity index (χ0) is 15.2. The van der Waals surface area contributed by atoms with E-state index in [2.05, 4.69) is 29.7 Å². The second-order valence-electron chi connectivity index (χ2n) is 5.08. The van der Waals surface area contributed by atoms with Gasteiger partial charge in [-0.1, -0.05) is 30.3 Å². The van der Waals surface area contributed by atoms with Gasteiger partial charge in [0, 0.05) is 6.54 Å². The van der Waals surface area contributed by atoms with E-state index in [4.69, 9.17) is 0 Å². The van der Waals surface area contributed by atoms with Crippen LogP contribution in [0.5, 0.6) is 5.75 Å². The summed E-state index contributed by atoms with van der Waals surface area (Å²) in [5.41, 5.74) is 3.79. The van der Waals surface area contributed by atoms with Crippen LogP contribution in [0.1, 0.15) is 16.7 Å². The molecule has 2 amide bonds. The predicted octanol–water partition coefficient (Wildman–Crippen LogP) is 3.37. The molecule has 4 nitrogen and oxygen atoms in total. The van der Waals surface area contributed by atoms with Gasteiger partial charge in [-0.25, -0.2) is 4.79 Å². The standard InChI is InChI=1S/C17H20N2O2/c1-12-7-8-15(16(20)11-12)19-17(21)18-10-9-14-6-4-3-5-13(14)2/h3-8,11,20H,9-10H2,1-2H3,(H2,18,19,21). The van der Waals surface area contributed by atoms with Gasteiger partial charge in [0.05, 0.1) is 5.69 Å². The number of phenols is 1. The summed E-state index contributed by atoms with van der Waals surface area (Å²) in [6, 6.07) is 12.9. The maximum absolute atomic E-state index is 11.8. The van der Waals surface area contributed by atoms with Crippen LogP contribution in [0.25, 0.3) is 0 Å². The van der Waals surface area contributed by atoms with Crippen LogP contribution in [0.2, 0.25) is 0 Å². The third-order valence-electron chi connectivity index (χ3n) is 3.34. The van der Waals surface area contributed by atoms with Crippen LogP contribution in [0.3, 0.4) is 0 Å². The van der Waals surface area contributed by atoms with E-state index < -0.39 is 0 Å². The van der Waals surface area contributed by atoms with Crippen LogP contribution in [-0.2, 0) is 6.42 Å². The SMILES string of the molecule is Cc1ccc(NC(=O)NCCc2ccccc2C)c(O)c1. The number of hydrogen-bond acceptors (Lipinski definition) is 2. The zero-order valence-corrected chi connectivity index (χ0v) is 12.3. The molecule has 2 aromatic rings. The van der Waals surface area contributed by atoms with Crippen LogP contribution >= 0.6 is 0 Å². The molecule has 2 rings (SSSR count). The molecule has 0 unspecified atom stereocenters. The number of phenolic OH excluding ortho intramolecular Hbond substituents is 1. The molecular weight excluding hydrogens is 264 g/mol. The smallest absolute Gasteiger partial charge is 0.319 e. The van der Waals surface area contributed by atoms with Crippen molar-refractivity contribution in [2.75, 3.05) is 11.9 Å². The van der Waals surface area contributed by atoms with Crippen LogP contribution in [0, 0.1) is 13.8 Å². The average molecular weight is 284 g/mol. The molecule has 0 aliphatic heterocycles. The van der Waals surface area contributed by atoms with Gasteiger partial charge in [-0.05, 0) is 49.1 Å². The number of carbonyl (C=O) groups excluding carboxylic acids is 1. The molecule has 2 aromatic carbocycles. The number of anilines is 1. The number of benzene rings is 2. The molecule has 0 radical (unpaired) electrons. The lowest BCUT2D eigenvalue weighted by atomic mass is 10.1. The predicted molar refractivity (Wildman–Crippen MR) is 84.7 cm³/mol. The van der Waals surface area contributed by atoms with Crippen molar-refractivity contribution < 1.29 is 9.90 Å². The van der Waals surface area contributed by atoms with E-state index in [0.717, 1.165) is 12.0 Å². The number of aromatic hydroxyl groups is 1. The first kappa shape index (κ1) is 14.9. The second kappa shape index (κ2) is 6.79. The van der Waals surface area contributed by atoms with E-state index in [1.807, 2.05) is 25.1 Å². The van der Waals surface area contributed by atoms with Crippen molar-refractivity contribution in [3.63, 3.8) is 0 Å². The molecule has 0 atom stereocenters. The number of rotatable bonds is 4. The van der Waals surface area contributed by atoms with Gasteiger partial charge in [0.25, 0.3) is 0 Å². The normalized spacial score (nSPS) is 10.2. The summed E-state index contributed by atoms with van der Waals surface area (Å²) in [6.45, 7) is 4.48. The van der Waals surface area contributed by atoms with Crippen LogP contribution < -0.4 is 10.6 Å². The minimum atomic E-state index is -0.317. The lowest BCUT2D eigenvalue weighted by Crippen LogP contribution is -2.30. The maximum atomic E-state index is 11.8. The Kier molecular flexibility index (Phi) is 4.82. The van der Waals surface area contributed by atoms with Crippen molar-refractivity contribution in [2.45, 2.75) is 20.3 Å². The quantitative estimate of drug-likeness (QED) is 0.754. The Morgan fingerprint density at radius 3 is 2.62 bits per heavy atom. The molecule has 4 heteroatoms. The zero-order valence-electron chi connectivity index (χ0n) is 12.3. The molecule has 0 aliphatic carbocycles. The summed E-state index contributed by atoms with van der Waals surface area (Å²) in [5, 5.41) is 15.2. The lowest BCUT2D eigenvalue weighted by Gasteiger charge is -2.10. The van der Waals surface area contributed by atoms with Crippen LogP contribution in [-0.4, -0.2) is 17.7 Å². The van der Waals surface area contributed by atoms with Gasteiger partial charge in [-0.15, -0.1) is 0 Å². The summed E-state index contributed by atoms with van der Waals surface area (Å²) in [4.78, 5) is 11.8. The van der Waals surface area contributed by atoms with E-state index in [9.17, 15) is 9.90 Å². The van der Waals surface area contributed by atoms with Crippen molar-refractivity contribution in [2.24, 2.45) is 0 Å². The average Bonchev–Trinajstić information content (AvgIpc) is 2.44. The Hall–Kier alpha value is -2.49. The topological polar surface area (TPSA) is 61.4 Å². The molecule has 0 bridgehead atoms. The summed E-state index contributed by atoms with van der Waals surface area (Å²) in [6.07, 6.45) is 0.778. The number of hydrogen-bond donors (Lipinski definition) is 3. The van der Waals surface area contributed by atoms with Crippen molar-refractivity contribution in [1.82, 2.24) is 5.32 Å². The van der Waals surface area contributed by atoms with Gasteiger partial charge in [-0.2, -0.15) is 0 Å². The van der Waals surface area contributed by atoms with E-state index in [-0.39, 0.29) is 11.8 Å². The highest BCUT2D eigenvalue weighted by Gasteiger charge is 2.06. The molecule has 110 valence electrons. The number of carbonyl (C=O) groups is 1. The maximum Gasteiger partial charge on any atom is 0.319 e. The van der Waals surface area contributed by atoms with Crippen LogP contribution in [0.15, 0.2) is 42.5 Å². The fraction of sp³-hybridized carbons (Fsp3) is 0.235. The highest BCUT2D eigenvalue weighted by atomic mass is 16.3. The molecule has 0 spiro atoms. The van der Waals surface area contributed by atoms with E-state index in [1.165, 1.54) is 11.1 Å². The Labute approximate surface area is 124 Å². The molecular formula is C17H20N2O2. The van der Waals surface area contributed by atoms with Gasteiger partial charge < -0.3 is 15.7 Å². The third-order valence-corrected chi connectivity index (χ3v) is 3.34. The minimum absolute atomic E-state index is 0.0732. The Balaban J connectivity index is 1.84. The second-order valence-corrected chi connectivity index (χ2v) is 5.08. The summed E-state index contributed by atoms with van der Waals surface area (Å²) >= 11 is 0. The van der Waals surface area contributed by atoms with Crippen LogP contribution in [0.4, 0.5) is 10.5 Å². The Bertz CT molecular complexity index is 638. The van der Waals surface area contributed by atoms with Crippen molar-refractivity contribution in [3.05, 3.63) is 59.2 Å². The molecule has 0 saturated heterocycles. The van der Waals surface area contributed by atoms with Gasteiger partial charge >= 0.3 is 6.03 Å². The molecule has 0 saturated carbocycles. The van der Waals surface area contributed by atoms with Gasteiger partial charge in [0.15, 0.2) is 0 Å². The molecule has 3 N–H and O–H groups in total. The number of nitrogens with one attached hydrogen (secondary N) is 2. The summed E-state index contributed by atoms with van der Waals surface area (Å²) in [5.74, 6) is 0.0732. The number of aryl methyl sites for hydroxylation is 2.